The number of aromatic nitrogens is 3. The van der Waals surface area contributed by atoms with Crippen molar-refractivity contribution in [3.05, 3.63) is 65.3 Å². The van der Waals surface area contributed by atoms with Gasteiger partial charge >= 0.3 is 0 Å². The van der Waals surface area contributed by atoms with Gasteiger partial charge in [-0.1, -0.05) is 41.9 Å². The third kappa shape index (κ3) is 2.41. The number of H-pyrrole nitrogens is 1. The Morgan fingerprint density at radius 2 is 1.91 bits per heavy atom. The number of benzene rings is 2. The molecule has 1 amide bonds. The number of amides is 1. The van der Waals surface area contributed by atoms with E-state index in [0.717, 1.165) is 16.3 Å². The number of rotatable bonds is 2. The molecule has 2 aromatic carbocycles. The molecule has 0 spiro atoms. The molecular formula is C17H11ClN4O. The van der Waals surface area contributed by atoms with E-state index in [0.29, 0.717) is 22.1 Å². The van der Waals surface area contributed by atoms with Gasteiger partial charge in [-0.05, 0) is 24.3 Å². The van der Waals surface area contributed by atoms with Crippen molar-refractivity contribution >= 4 is 45.1 Å². The highest BCUT2D eigenvalue weighted by molar-refractivity contribution is 6.35. The first kappa shape index (κ1) is 13.7. The van der Waals surface area contributed by atoms with E-state index in [4.69, 9.17) is 11.6 Å². The maximum absolute atomic E-state index is 12.4. The standard InChI is InChI=1S/C17H11ClN4O/c18-12-6-3-4-10-8-9-14(19-15(10)12)20-17(23)16-11-5-1-2-7-13(11)21-22-16/h1-9H,(H,21,22)(H,19,20,23). The smallest absolute Gasteiger partial charge is 0.277 e. The second-order valence-electron chi connectivity index (χ2n) is 5.08. The van der Waals surface area contributed by atoms with E-state index in [1.807, 2.05) is 42.5 Å². The van der Waals surface area contributed by atoms with Gasteiger partial charge in [0, 0.05) is 10.8 Å². The summed E-state index contributed by atoms with van der Waals surface area (Å²) in [5.41, 5.74) is 1.80. The maximum Gasteiger partial charge on any atom is 0.277 e. The summed E-state index contributed by atoms with van der Waals surface area (Å²) >= 11 is 6.15. The lowest BCUT2D eigenvalue weighted by Gasteiger charge is -2.05. The molecule has 23 heavy (non-hydrogen) atoms. The summed E-state index contributed by atoms with van der Waals surface area (Å²) < 4.78 is 0. The first-order chi connectivity index (χ1) is 11.2. The monoisotopic (exact) mass is 322 g/mol. The highest BCUT2D eigenvalue weighted by Crippen LogP contribution is 2.23. The van der Waals surface area contributed by atoms with Crippen molar-refractivity contribution < 1.29 is 4.79 Å². The minimum absolute atomic E-state index is 0.318. The molecule has 0 aliphatic carbocycles. The van der Waals surface area contributed by atoms with Crippen LogP contribution in [-0.4, -0.2) is 21.1 Å². The van der Waals surface area contributed by atoms with Crippen LogP contribution in [0.3, 0.4) is 0 Å². The summed E-state index contributed by atoms with van der Waals surface area (Å²) in [7, 11) is 0. The van der Waals surface area contributed by atoms with Gasteiger partial charge < -0.3 is 5.32 Å². The summed E-state index contributed by atoms with van der Waals surface area (Å²) in [6, 6.07) is 16.6. The molecule has 0 aliphatic rings. The topological polar surface area (TPSA) is 70.7 Å². The average molecular weight is 323 g/mol. The lowest BCUT2D eigenvalue weighted by Crippen LogP contribution is -2.13. The maximum atomic E-state index is 12.4. The minimum Gasteiger partial charge on any atom is -0.305 e. The molecule has 0 saturated heterocycles. The Morgan fingerprint density at radius 3 is 2.83 bits per heavy atom. The molecule has 0 atom stereocenters. The molecule has 0 bridgehead atoms. The number of carbonyl (C=O) groups excluding carboxylic acids is 1. The van der Waals surface area contributed by atoms with Crippen LogP contribution in [0.15, 0.2) is 54.6 Å². The van der Waals surface area contributed by atoms with Gasteiger partial charge in [0.25, 0.3) is 5.91 Å². The van der Waals surface area contributed by atoms with E-state index in [1.165, 1.54) is 0 Å². The zero-order chi connectivity index (χ0) is 15.8. The van der Waals surface area contributed by atoms with Crippen molar-refractivity contribution in [3.8, 4) is 0 Å². The van der Waals surface area contributed by atoms with Crippen LogP contribution in [0.1, 0.15) is 10.5 Å². The second-order valence-corrected chi connectivity index (χ2v) is 5.49. The number of carbonyl (C=O) groups is 1. The summed E-state index contributed by atoms with van der Waals surface area (Å²) in [4.78, 5) is 16.8. The van der Waals surface area contributed by atoms with E-state index in [9.17, 15) is 4.79 Å². The van der Waals surface area contributed by atoms with Gasteiger partial charge in [0.05, 0.1) is 16.1 Å². The number of hydrogen-bond donors (Lipinski definition) is 2. The molecule has 4 rings (SSSR count). The Balaban J connectivity index is 1.70. The highest BCUT2D eigenvalue weighted by atomic mass is 35.5. The van der Waals surface area contributed by atoms with Crippen LogP contribution in [0, 0.1) is 0 Å². The van der Waals surface area contributed by atoms with Gasteiger partial charge in [0.15, 0.2) is 5.69 Å². The minimum atomic E-state index is -0.318. The molecule has 0 aliphatic heterocycles. The molecular weight excluding hydrogens is 312 g/mol. The quantitative estimate of drug-likeness (QED) is 0.585. The van der Waals surface area contributed by atoms with Crippen LogP contribution in [0.2, 0.25) is 5.02 Å². The average Bonchev–Trinajstić information content (AvgIpc) is 3.00. The van der Waals surface area contributed by atoms with Crippen molar-refractivity contribution in [1.82, 2.24) is 15.2 Å². The third-order valence-corrected chi connectivity index (χ3v) is 3.90. The molecule has 112 valence electrons. The number of nitrogens with zero attached hydrogens (tertiary/aromatic N) is 2. The van der Waals surface area contributed by atoms with Gasteiger partial charge in [-0.3, -0.25) is 9.89 Å². The lowest BCUT2D eigenvalue weighted by molar-refractivity contribution is 0.102. The zero-order valence-electron chi connectivity index (χ0n) is 11.9. The first-order valence-corrected chi connectivity index (χ1v) is 7.40. The Kier molecular flexibility index (Phi) is 3.20. The van der Waals surface area contributed by atoms with Crippen molar-refractivity contribution in [3.63, 3.8) is 0 Å². The lowest BCUT2D eigenvalue weighted by atomic mass is 10.2. The van der Waals surface area contributed by atoms with Gasteiger partial charge in [-0.15, -0.1) is 0 Å². The fourth-order valence-corrected chi connectivity index (χ4v) is 2.72. The van der Waals surface area contributed by atoms with Crippen molar-refractivity contribution in [2.24, 2.45) is 0 Å². The molecule has 0 unspecified atom stereocenters. The molecule has 0 fully saturated rings. The number of pyridine rings is 1. The van der Waals surface area contributed by atoms with Crippen LogP contribution in [0.25, 0.3) is 21.8 Å². The number of hydrogen-bond acceptors (Lipinski definition) is 3. The van der Waals surface area contributed by atoms with Crippen LogP contribution >= 0.6 is 11.6 Å². The largest absolute Gasteiger partial charge is 0.305 e. The Morgan fingerprint density at radius 1 is 1.04 bits per heavy atom. The number of anilines is 1. The number of nitrogens with one attached hydrogen (secondary N) is 2. The van der Waals surface area contributed by atoms with Crippen molar-refractivity contribution in [2.75, 3.05) is 5.32 Å². The van der Waals surface area contributed by atoms with Crippen molar-refractivity contribution in [2.45, 2.75) is 0 Å². The van der Waals surface area contributed by atoms with Crippen LogP contribution in [-0.2, 0) is 0 Å². The highest BCUT2D eigenvalue weighted by Gasteiger charge is 2.14. The van der Waals surface area contributed by atoms with E-state index in [-0.39, 0.29) is 5.91 Å². The van der Waals surface area contributed by atoms with E-state index < -0.39 is 0 Å². The first-order valence-electron chi connectivity index (χ1n) is 7.02. The summed E-state index contributed by atoms with van der Waals surface area (Å²) in [6.07, 6.45) is 0. The SMILES string of the molecule is O=C(Nc1ccc2cccc(Cl)c2n1)c1n[nH]c2ccccc12. The molecule has 2 heterocycles. The van der Waals surface area contributed by atoms with Gasteiger partial charge in [-0.25, -0.2) is 4.98 Å². The van der Waals surface area contributed by atoms with Gasteiger partial charge in [0.1, 0.15) is 5.82 Å². The molecule has 2 N–H and O–H groups in total. The summed E-state index contributed by atoms with van der Waals surface area (Å²) in [5.74, 6) is 0.115. The Bertz CT molecular complexity index is 1040. The number of halogens is 1. The predicted molar refractivity (Wildman–Crippen MR) is 90.8 cm³/mol. The molecule has 6 heteroatoms. The molecule has 0 radical (unpaired) electrons. The van der Waals surface area contributed by atoms with Gasteiger partial charge in [-0.2, -0.15) is 5.10 Å². The Labute approximate surface area is 136 Å². The van der Waals surface area contributed by atoms with Crippen molar-refractivity contribution in [1.29, 1.82) is 0 Å². The molecule has 5 nitrogen and oxygen atoms in total. The van der Waals surface area contributed by atoms with Crippen LogP contribution < -0.4 is 5.32 Å². The normalized spacial score (nSPS) is 11.0. The van der Waals surface area contributed by atoms with Crippen LogP contribution in [0.5, 0.6) is 0 Å². The second kappa shape index (κ2) is 5.37. The fourth-order valence-electron chi connectivity index (χ4n) is 2.49. The summed E-state index contributed by atoms with van der Waals surface area (Å²) in [6.45, 7) is 0. The van der Waals surface area contributed by atoms with Gasteiger partial charge in [0.2, 0.25) is 0 Å². The van der Waals surface area contributed by atoms with Crippen LogP contribution in [0.4, 0.5) is 5.82 Å². The van der Waals surface area contributed by atoms with E-state index in [1.54, 1.807) is 12.1 Å². The summed E-state index contributed by atoms with van der Waals surface area (Å²) in [5, 5.41) is 11.9. The van der Waals surface area contributed by atoms with E-state index in [2.05, 4.69) is 20.5 Å². The predicted octanol–water partition coefficient (Wildman–Crippen LogP) is 4.02. The Hall–Kier alpha value is -2.92. The number of para-hydroxylation sites is 2. The molecule has 0 saturated carbocycles. The molecule has 4 aromatic rings. The number of aromatic amines is 1. The third-order valence-electron chi connectivity index (χ3n) is 3.60. The fraction of sp³-hybridized carbons (Fsp3) is 0. The zero-order valence-corrected chi connectivity index (χ0v) is 12.6. The molecule has 2 aromatic heterocycles. The number of fused-ring (bicyclic) bond motifs is 2. The van der Waals surface area contributed by atoms with E-state index >= 15 is 0 Å².